The third-order valence-corrected chi connectivity index (χ3v) is 7.35. The van der Waals surface area contributed by atoms with E-state index in [9.17, 15) is 14.4 Å². The molecule has 190 valence electrons. The number of likely N-dealkylation sites (N-methyl/N-ethyl adjacent to an activating group) is 1. The molecule has 1 aromatic heterocycles. The molecule has 0 saturated carbocycles. The third-order valence-electron chi connectivity index (χ3n) is 6.31. The second kappa shape index (κ2) is 10.8. The Kier molecular flexibility index (Phi) is 7.77. The van der Waals surface area contributed by atoms with Crippen LogP contribution in [0.25, 0.3) is 10.2 Å². The first-order chi connectivity index (χ1) is 17.0. The van der Waals surface area contributed by atoms with Crippen LogP contribution in [0.2, 0.25) is 0 Å². The fourth-order valence-electron chi connectivity index (χ4n) is 4.26. The molecule has 3 aromatic rings. The molecule has 9 nitrogen and oxygen atoms in total. The monoisotopic (exact) mass is 530 g/mol. The summed E-state index contributed by atoms with van der Waals surface area (Å²) in [6.45, 7) is 7.31. The number of rotatable bonds is 8. The van der Waals surface area contributed by atoms with Gasteiger partial charge in [0.05, 0.1) is 15.9 Å². The van der Waals surface area contributed by atoms with Crippen molar-refractivity contribution in [2.45, 2.75) is 26.7 Å². The zero-order valence-electron chi connectivity index (χ0n) is 20.1. The standard InChI is InChI=1S/C25H26N4O5S.ClH/c1-3-27(4-2)11-12-28(25-26-18-13-19-20(34-15-33-19)14-21(18)35-25)24(32)16-5-7-17(8-6-16)29-22(30)9-10-23(29)31;/h5-8,13-14H,3-4,9-12,15H2,1-2H3;1H. The molecule has 2 aromatic carbocycles. The largest absolute Gasteiger partial charge is 0.454 e. The minimum absolute atomic E-state index is 0. The summed E-state index contributed by atoms with van der Waals surface area (Å²) in [5, 5.41) is 0.592. The number of halogens is 1. The maximum absolute atomic E-state index is 13.7. The lowest BCUT2D eigenvalue weighted by atomic mass is 10.1. The van der Waals surface area contributed by atoms with Gasteiger partial charge in [0.15, 0.2) is 16.6 Å². The van der Waals surface area contributed by atoms with Gasteiger partial charge in [0.25, 0.3) is 5.91 Å². The molecule has 36 heavy (non-hydrogen) atoms. The van der Waals surface area contributed by atoms with E-state index in [0.29, 0.717) is 41.0 Å². The number of carbonyl (C=O) groups excluding carboxylic acids is 3. The first kappa shape index (κ1) is 25.9. The Hall–Kier alpha value is -3.21. The van der Waals surface area contributed by atoms with Gasteiger partial charge in [-0.25, -0.2) is 4.98 Å². The summed E-state index contributed by atoms with van der Waals surface area (Å²) < 4.78 is 11.9. The summed E-state index contributed by atoms with van der Waals surface area (Å²) in [7, 11) is 0. The summed E-state index contributed by atoms with van der Waals surface area (Å²) >= 11 is 1.43. The molecule has 2 aliphatic rings. The number of imide groups is 1. The van der Waals surface area contributed by atoms with E-state index in [1.165, 1.54) is 16.2 Å². The molecule has 11 heteroatoms. The van der Waals surface area contributed by atoms with E-state index >= 15 is 0 Å². The number of benzene rings is 2. The molecule has 3 heterocycles. The Morgan fingerprint density at radius 2 is 1.64 bits per heavy atom. The van der Waals surface area contributed by atoms with E-state index in [4.69, 9.17) is 14.5 Å². The van der Waals surface area contributed by atoms with Crippen LogP contribution < -0.4 is 19.3 Å². The van der Waals surface area contributed by atoms with Gasteiger partial charge in [-0.2, -0.15) is 0 Å². The third kappa shape index (κ3) is 4.88. The highest BCUT2D eigenvalue weighted by atomic mass is 35.5. The second-order valence-electron chi connectivity index (χ2n) is 8.32. The molecular formula is C25H27ClN4O5S. The Morgan fingerprint density at radius 3 is 2.28 bits per heavy atom. The summed E-state index contributed by atoms with van der Waals surface area (Å²) in [6.07, 6.45) is 0.436. The zero-order valence-corrected chi connectivity index (χ0v) is 21.7. The number of amides is 3. The average Bonchev–Trinajstić information content (AvgIpc) is 3.58. The van der Waals surface area contributed by atoms with Crippen molar-refractivity contribution in [3.63, 3.8) is 0 Å². The first-order valence-electron chi connectivity index (χ1n) is 11.7. The number of anilines is 2. The van der Waals surface area contributed by atoms with Crippen LogP contribution in [0, 0.1) is 0 Å². The van der Waals surface area contributed by atoms with Crippen LogP contribution in [-0.2, 0) is 9.59 Å². The highest BCUT2D eigenvalue weighted by Gasteiger charge is 2.30. The van der Waals surface area contributed by atoms with Crippen molar-refractivity contribution >= 4 is 62.5 Å². The van der Waals surface area contributed by atoms with Gasteiger partial charge in [-0.3, -0.25) is 24.2 Å². The van der Waals surface area contributed by atoms with Crippen molar-refractivity contribution in [2.75, 3.05) is 42.8 Å². The van der Waals surface area contributed by atoms with Crippen LogP contribution >= 0.6 is 23.7 Å². The van der Waals surface area contributed by atoms with E-state index in [1.54, 1.807) is 29.2 Å². The molecule has 0 unspecified atom stereocenters. The van der Waals surface area contributed by atoms with E-state index in [2.05, 4.69) is 18.7 Å². The lowest BCUT2D eigenvalue weighted by Gasteiger charge is -2.25. The fraction of sp³-hybridized carbons (Fsp3) is 0.360. The Balaban J connectivity index is 0.00000304. The van der Waals surface area contributed by atoms with Gasteiger partial charge < -0.3 is 14.4 Å². The number of fused-ring (bicyclic) bond motifs is 2. The van der Waals surface area contributed by atoms with E-state index < -0.39 is 0 Å². The van der Waals surface area contributed by atoms with Crippen LogP contribution in [-0.4, -0.2) is 60.6 Å². The Morgan fingerprint density at radius 1 is 1.00 bits per heavy atom. The molecule has 0 spiro atoms. The van der Waals surface area contributed by atoms with Crippen molar-refractivity contribution in [1.29, 1.82) is 0 Å². The van der Waals surface area contributed by atoms with Gasteiger partial charge in [0.1, 0.15) is 0 Å². The van der Waals surface area contributed by atoms with Crippen LogP contribution in [0.4, 0.5) is 10.8 Å². The number of hydrogen-bond donors (Lipinski definition) is 0. The molecule has 0 bridgehead atoms. The summed E-state index contributed by atoms with van der Waals surface area (Å²) in [5.74, 6) is 0.697. The Labute approximate surface area is 219 Å². The quantitative estimate of drug-likeness (QED) is 0.405. The SMILES string of the molecule is CCN(CC)CCN(C(=O)c1ccc(N2C(=O)CCC2=O)cc1)c1nc2cc3c(cc2s1)OCO3.Cl. The number of hydrogen-bond acceptors (Lipinski definition) is 8. The molecule has 0 radical (unpaired) electrons. The Bertz CT molecular complexity index is 1230. The summed E-state index contributed by atoms with van der Waals surface area (Å²) in [5.41, 5.74) is 1.69. The number of aromatic nitrogens is 1. The minimum Gasteiger partial charge on any atom is -0.454 e. The van der Waals surface area contributed by atoms with Crippen molar-refractivity contribution in [2.24, 2.45) is 0 Å². The number of thiazole rings is 1. The highest BCUT2D eigenvalue weighted by Crippen LogP contribution is 2.40. The van der Waals surface area contributed by atoms with Crippen LogP contribution in [0.1, 0.15) is 37.0 Å². The smallest absolute Gasteiger partial charge is 0.260 e. The maximum Gasteiger partial charge on any atom is 0.260 e. The van der Waals surface area contributed by atoms with E-state index in [1.807, 2.05) is 12.1 Å². The fourth-order valence-corrected chi connectivity index (χ4v) is 5.26. The molecule has 5 rings (SSSR count). The molecular weight excluding hydrogens is 504 g/mol. The molecule has 1 saturated heterocycles. The molecule has 3 amide bonds. The summed E-state index contributed by atoms with van der Waals surface area (Å²) in [6, 6.07) is 10.3. The zero-order chi connectivity index (χ0) is 24.5. The van der Waals surface area contributed by atoms with Crippen molar-refractivity contribution in [3.8, 4) is 11.5 Å². The van der Waals surface area contributed by atoms with Gasteiger partial charge in [0, 0.05) is 43.6 Å². The molecule has 1 fully saturated rings. The van der Waals surface area contributed by atoms with Crippen molar-refractivity contribution < 1.29 is 23.9 Å². The van der Waals surface area contributed by atoms with Crippen LogP contribution in [0.15, 0.2) is 36.4 Å². The molecule has 2 aliphatic heterocycles. The van der Waals surface area contributed by atoms with Crippen molar-refractivity contribution in [3.05, 3.63) is 42.0 Å². The summed E-state index contributed by atoms with van der Waals surface area (Å²) in [4.78, 5) is 47.6. The topological polar surface area (TPSA) is 92.3 Å². The van der Waals surface area contributed by atoms with Crippen molar-refractivity contribution in [1.82, 2.24) is 9.88 Å². The lowest BCUT2D eigenvalue weighted by Crippen LogP contribution is -2.39. The van der Waals surface area contributed by atoms with Gasteiger partial charge >= 0.3 is 0 Å². The molecule has 0 N–H and O–H groups in total. The molecule has 0 atom stereocenters. The van der Waals surface area contributed by atoms with Crippen LogP contribution in [0.3, 0.4) is 0 Å². The normalized spacial score (nSPS) is 14.6. The van der Waals surface area contributed by atoms with E-state index in [-0.39, 0.29) is 49.8 Å². The van der Waals surface area contributed by atoms with Gasteiger partial charge in [-0.15, -0.1) is 12.4 Å². The van der Waals surface area contributed by atoms with Gasteiger partial charge in [-0.05, 0) is 37.4 Å². The molecule has 0 aliphatic carbocycles. The maximum atomic E-state index is 13.7. The predicted octanol–water partition coefficient (Wildman–Crippen LogP) is 4.09. The minimum atomic E-state index is -0.218. The van der Waals surface area contributed by atoms with Gasteiger partial charge in [-0.1, -0.05) is 25.2 Å². The highest BCUT2D eigenvalue weighted by molar-refractivity contribution is 7.22. The first-order valence-corrected chi connectivity index (χ1v) is 12.5. The van der Waals surface area contributed by atoms with Crippen LogP contribution in [0.5, 0.6) is 11.5 Å². The van der Waals surface area contributed by atoms with Gasteiger partial charge in [0.2, 0.25) is 18.6 Å². The lowest BCUT2D eigenvalue weighted by molar-refractivity contribution is -0.121. The average molecular weight is 531 g/mol. The number of ether oxygens (including phenoxy) is 2. The second-order valence-corrected chi connectivity index (χ2v) is 9.33. The van der Waals surface area contributed by atoms with E-state index in [0.717, 1.165) is 23.3 Å². The number of nitrogens with zero attached hydrogens (tertiary/aromatic N) is 4. The predicted molar refractivity (Wildman–Crippen MR) is 141 cm³/mol. The number of carbonyl (C=O) groups is 3.